The van der Waals surface area contributed by atoms with Crippen LogP contribution in [0.25, 0.3) is 0 Å². The molecule has 0 saturated carbocycles. The zero-order valence-corrected chi connectivity index (χ0v) is 13.4. The Morgan fingerprint density at radius 1 is 1.29 bits per heavy atom. The van der Waals surface area contributed by atoms with Gasteiger partial charge in [0.2, 0.25) is 0 Å². The van der Waals surface area contributed by atoms with Crippen molar-refractivity contribution in [3.63, 3.8) is 0 Å². The maximum absolute atomic E-state index is 13.4. The van der Waals surface area contributed by atoms with Crippen LogP contribution < -0.4 is 15.4 Å². The largest absolute Gasteiger partial charge is 0.481 e. The van der Waals surface area contributed by atoms with Crippen molar-refractivity contribution in [1.29, 1.82) is 0 Å². The Labute approximate surface area is 126 Å². The van der Waals surface area contributed by atoms with Crippen molar-refractivity contribution < 1.29 is 13.9 Å². The number of carbonyl (C=O) groups excluding carboxylic acids is 1. The van der Waals surface area contributed by atoms with Crippen molar-refractivity contribution in [1.82, 2.24) is 10.6 Å². The summed E-state index contributed by atoms with van der Waals surface area (Å²) in [5, 5.41) is 5.87. The van der Waals surface area contributed by atoms with Gasteiger partial charge in [-0.3, -0.25) is 4.79 Å². The third kappa shape index (κ3) is 5.34. The predicted octanol–water partition coefficient (Wildman–Crippen LogP) is 2.65. The number of halogens is 1. The SMILES string of the molecule is CNC(C)c1cc(F)ccc1OC(C)C(=O)NCC(C)C. The van der Waals surface area contributed by atoms with Crippen molar-refractivity contribution in [3.05, 3.63) is 29.6 Å². The van der Waals surface area contributed by atoms with Gasteiger partial charge in [0.05, 0.1) is 0 Å². The van der Waals surface area contributed by atoms with Crippen LogP contribution in [0.4, 0.5) is 4.39 Å². The van der Waals surface area contributed by atoms with Gasteiger partial charge in [-0.15, -0.1) is 0 Å². The molecule has 0 heterocycles. The fraction of sp³-hybridized carbons (Fsp3) is 0.562. The van der Waals surface area contributed by atoms with Crippen LogP contribution in [-0.2, 0) is 4.79 Å². The lowest BCUT2D eigenvalue weighted by atomic mass is 10.1. The molecule has 1 rings (SSSR count). The summed E-state index contributed by atoms with van der Waals surface area (Å²) in [5.41, 5.74) is 0.695. The molecule has 0 aromatic heterocycles. The lowest BCUT2D eigenvalue weighted by molar-refractivity contribution is -0.127. The second-order valence-corrected chi connectivity index (χ2v) is 5.59. The molecule has 4 nitrogen and oxygen atoms in total. The molecule has 118 valence electrons. The molecule has 0 saturated heterocycles. The molecule has 0 bridgehead atoms. The highest BCUT2D eigenvalue weighted by Gasteiger charge is 2.18. The lowest BCUT2D eigenvalue weighted by Gasteiger charge is -2.20. The highest BCUT2D eigenvalue weighted by molar-refractivity contribution is 5.80. The zero-order chi connectivity index (χ0) is 16.0. The molecule has 1 aromatic rings. The van der Waals surface area contributed by atoms with Crippen LogP contribution in [0.3, 0.4) is 0 Å². The molecular weight excluding hydrogens is 271 g/mol. The van der Waals surface area contributed by atoms with E-state index in [-0.39, 0.29) is 17.8 Å². The van der Waals surface area contributed by atoms with Crippen LogP contribution in [0, 0.1) is 11.7 Å². The molecule has 21 heavy (non-hydrogen) atoms. The summed E-state index contributed by atoms with van der Waals surface area (Å²) in [6.45, 7) is 8.25. The van der Waals surface area contributed by atoms with E-state index in [0.717, 1.165) is 0 Å². The standard InChI is InChI=1S/C16H25FN2O2/c1-10(2)9-19-16(20)12(4)21-15-7-6-13(17)8-14(15)11(3)18-5/h6-8,10-12,18H,9H2,1-5H3,(H,19,20). The van der Waals surface area contributed by atoms with E-state index in [1.807, 2.05) is 20.8 Å². The maximum Gasteiger partial charge on any atom is 0.260 e. The number of nitrogens with one attached hydrogen (secondary N) is 2. The van der Waals surface area contributed by atoms with Crippen molar-refractivity contribution in [3.8, 4) is 5.75 Å². The summed E-state index contributed by atoms with van der Waals surface area (Å²) in [6.07, 6.45) is -0.628. The Morgan fingerprint density at radius 2 is 1.95 bits per heavy atom. The van der Waals surface area contributed by atoms with Gasteiger partial charge in [-0.05, 0) is 45.0 Å². The van der Waals surface area contributed by atoms with Crippen LogP contribution in [0.5, 0.6) is 5.75 Å². The maximum atomic E-state index is 13.4. The summed E-state index contributed by atoms with van der Waals surface area (Å²) in [7, 11) is 1.79. The number of amides is 1. The van der Waals surface area contributed by atoms with E-state index in [1.165, 1.54) is 12.1 Å². The van der Waals surface area contributed by atoms with Gasteiger partial charge < -0.3 is 15.4 Å². The summed E-state index contributed by atoms with van der Waals surface area (Å²) < 4.78 is 19.1. The Morgan fingerprint density at radius 3 is 2.52 bits per heavy atom. The third-order valence-corrected chi connectivity index (χ3v) is 3.23. The third-order valence-electron chi connectivity index (χ3n) is 3.23. The highest BCUT2D eigenvalue weighted by Crippen LogP contribution is 2.26. The van der Waals surface area contributed by atoms with Crippen LogP contribution in [0.1, 0.15) is 39.3 Å². The van der Waals surface area contributed by atoms with Crippen molar-refractivity contribution in [2.75, 3.05) is 13.6 Å². The summed E-state index contributed by atoms with van der Waals surface area (Å²) in [5.74, 6) is 0.407. The van der Waals surface area contributed by atoms with Gasteiger partial charge >= 0.3 is 0 Å². The Kier molecular flexibility index (Phi) is 6.62. The van der Waals surface area contributed by atoms with Gasteiger partial charge in [-0.25, -0.2) is 4.39 Å². The van der Waals surface area contributed by atoms with Gasteiger partial charge in [0.1, 0.15) is 11.6 Å². The fourth-order valence-electron chi connectivity index (χ4n) is 1.81. The monoisotopic (exact) mass is 296 g/mol. The van der Waals surface area contributed by atoms with Gasteiger partial charge in [0.25, 0.3) is 5.91 Å². The molecule has 2 N–H and O–H groups in total. The highest BCUT2D eigenvalue weighted by atomic mass is 19.1. The van der Waals surface area contributed by atoms with Crippen molar-refractivity contribution in [2.24, 2.45) is 5.92 Å². The number of benzene rings is 1. The normalized spacial score (nSPS) is 13.9. The second-order valence-electron chi connectivity index (χ2n) is 5.59. The molecule has 2 unspecified atom stereocenters. The quantitative estimate of drug-likeness (QED) is 0.813. The van der Waals surface area contributed by atoms with E-state index < -0.39 is 6.10 Å². The molecule has 0 aliphatic carbocycles. The molecule has 0 aliphatic heterocycles. The van der Waals surface area contributed by atoms with E-state index in [0.29, 0.717) is 23.8 Å². The van der Waals surface area contributed by atoms with Crippen LogP contribution in [0.15, 0.2) is 18.2 Å². The second kappa shape index (κ2) is 7.98. The molecule has 1 amide bonds. The van der Waals surface area contributed by atoms with E-state index in [1.54, 1.807) is 20.0 Å². The molecule has 5 heteroatoms. The lowest BCUT2D eigenvalue weighted by Crippen LogP contribution is -2.38. The molecular formula is C16H25FN2O2. The first-order chi connectivity index (χ1) is 9.85. The minimum absolute atomic E-state index is 0.0679. The first-order valence-corrected chi connectivity index (χ1v) is 7.26. The molecule has 0 radical (unpaired) electrons. The summed E-state index contributed by atoms with van der Waals surface area (Å²) in [6, 6.07) is 4.25. The average molecular weight is 296 g/mol. The molecule has 0 aliphatic rings. The first kappa shape index (κ1) is 17.4. The van der Waals surface area contributed by atoms with Gasteiger partial charge in [-0.1, -0.05) is 13.8 Å². The predicted molar refractivity (Wildman–Crippen MR) is 81.8 cm³/mol. The van der Waals surface area contributed by atoms with Crippen molar-refractivity contribution >= 4 is 5.91 Å². The number of ether oxygens (including phenoxy) is 1. The number of hydrogen-bond donors (Lipinski definition) is 2. The number of carbonyl (C=O) groups is 1. The Bertz CT molecular complexity index is 477. The van der Waals surface area contributed by atoms with Crippen LogP contribution in [-0.4, -0.2) is 25.6 Å². The number of hydrogen-bond acceptors (Lipinski definition) is 3. The van der Waals surface area contributed by atoms with Crippen LogP contribution in [0.2, 0.25) is 0 Å². The minimum Gasteiger partial charge on any atom is -0.481 e. The zero-order valence-electron chi connectivity index (χ0n) is 13.4. The van der Waals surface area contributed by atoms with Gasteiger partial charge in [0, 0.05) is 18.2 Å². The average Bonchev–Trinajstić information content (AvgIpc) is 2.45. The summed E-state index contributed by atoms with van der Waals surface area (Å²) >= 11 is 0. The van der Waals surface area contributed by atoms with Crippen LogP contribution >= 0.6 is 0 Å². The minimum atomic E-state index is -0.628. The summed E-state index contributed by atoms with van der Waals surface area (Å²) in [4.78, 5) is 11.9. The number of rotatable bonds is 7. The Balaban J connectivity index is 2.79. The topological polar surface area (TPSA) is 50.4 Å². The van der Waals surface area contributed by atoms with Crippen molar-refractivity contribution in [2.45, 2.75) is 39.8 Å². The Hall–Kier alpha value is -1.62. The smallest absolute Gasteiger partial charge is 0.260 e. The van der Waals surface area contributed by atoms with E-state index in [2.05, 4.69) is 10.6 Å². The van der Waals surface area contributed by atoms with Gasteiger partial charge in [-0.2, -0.15) is 0 Å². The van der Waals surface area contributed by atoms with E-state index >= 15 is 0 Å². The molecule has 0 spiro atoms. The molecule has 2 atom stereocenters. The van der Waals surface area contributed by atoms with Gasteiger partial charge in [0.15, 0.2) is 6.10 Å². The molecule has 1 aromatic carbocycles. The van der Waals surface area contributed by atoms with E-state index in [4.69, 9.17) is 4.74 Å². The fourth-order valence-corrected chi connectivity index (χ4v) is 1.81. The first-order valence-electron chi connectivity index (χ1n) is 7.26. The molecule has 0 fully saturated rings. The van der Waals surface area contributed by atoms with E-state index in [9.17, 15) is 9.18 Å².